The van der Waals surface area contributed by atoms with Crippen molar-refractivity contribution in [3.63, 3.8) is 0 Å². The number of aryl methyl sites for hydroxylation is 1. The molecule has 0 unspecified atom stereocenters. The van der Waals surface area contributed by atoms with E-state index in [0.29, 0.717) is 17.7 Å². The van der Waals surface area contributed by atoms with Crippen LogP contribution in [-0.4, -0.2) is 11.8 Å². The maximum absolute atomic E-state index is 13.0. The lowest BCUT2D eigenvalue weighted by Crippen LogP contribution is -2.07. The van der Waals surface area contributed by atoms with Gasteiger partial charge < -0.3 is 4.74 Å². The Bertz CT molecular complexity index is 1350. The molecule has 0 aromatic heterocycles. The molecule has 0 aliphatic heterocycles. The number of ether oxygens (including phenoxy) is 1. The van der Waals surface area contributed by atoms with Gasteiger partial charge >= 0.3 is 5.97 Å². The topological polar surface area (TPSA) is 43.4 Å². The predicted molar refractivity (Wildman–Crippen MR) is 195 cm³/mol. The van der Waals surface area contributed by atoms with E-state index in [0.717, 1.165) is 24.0 Å². The zero-order chi connectivity index (χ0) is 33.5. The van der Waals surface area contributed by atoms with Crippen LogP contribution >= 0.6 is 0 Å². The lowest BCUT2D eigenvalue weighted by molar-refractivity contribution is -0.134. The SMILES string of the molecule is C=C(C)c1ccc(CCCCCCCCCCCCCCCCCCC(=O)Oc2ccc(C=CC(=O)c3ccc(F)cc3)cc2)cc1. The molecule has 252 valence electrons. The third kappa shape index (κ3) is 16.6. The summed E-state index contributed by atoms with van der Waals surface area (Å²) in [6.07, 6.45) is 25.3. The molecule has 0 atom stereocenters. The van der Waals surface area contributed by atoms with Gasteiger partial charge in [-0.15, -0.1) is 0 Å². The Morgan fingerprint density at radius 1 is 0.617 bits per heavy atom. The van der Waals surface area contributed by atoms with Gasteiger partial charge in [-0.25, -0.2) is 4.39 Å². The van der Waals surface area contributed by atoms with Gasteiger partial charge in [0.2, 0.25) is 0 Å². The number of ketones is 1. The van der Waals surface area contributed by atoms with Gasteiger partial charge in [0.15, 0.2) is 5.78 Å². The van der Waals surface area contributed by atoms with Crippen LogP contribution in [-0.2, 0) is 11.2 Å². The van der Waals surface area contributed by atoms with Crippen molar-refractivity contribution in [2.45, 2.75) is 122 Å². The summed E-state index contributed by atoms with van der Waals surface area (Å²) in [5.74, 6) is -0.273. The number of halogens is 1. The van der Waals surface area contributed by atoms with E-state index < -0.39 is 0 Å². The van der Waals surface area contributed by atoms with Crippen LogP contribution in [0.3, 0.4) is 0 Å². The Hall–Kier alpha value is -3.79. The van der Waals surface area contributed by atoms with Gasteiger partial charge in [-0.3, -0.25) is 9.59 Å². The third-order valence-electron chi connectivity index (χ3n) is 8.71. The van der Waals surface area contributed by atoms with Crippen molar-refractivity contribution >= 4 is 23.4 Å². The molecule has 3 aromatic rings. The van der Waals surface area contributed by atoms with Gasteiger partial charge in [-0.2, -0.15) is 0 Å². The maximum atomic E-state index is 13.0. The van der Waals surface area contributed by atoms with Gasteiger partial charge in [0, 0.05) is 12.0 Å². The molecule has 0 saturated heterocycles. The first-order valence-corrected chi connectivity index (χ1v) is 17.9. The van der Waals surface area contributed by atoms with Crippen molar-refractivity contribution in [1.82, 2.24) is 0 Å². The van der Waals surface area contributed by atoms with E-state index in [-0.39, 0.29) is 17.6 Å². The quantitative estimate of drug-likeness (QED) is 0.0322. The summed E-state index contributed by atoms with van der Waals surface area (Å²) in [6.45, 7) is 6.07. The summed E-state index contributed by atoms with van der Waals surface area (Å²) in [5, 5.41) is 0. The normalized spacial score (nSPS) is 11.2. The fourth-order valence-corrected chi connectivity index (χ4v) is 5.74. The Kier molecular flexibility index (Phi) is 18.2. The predicted octanol–water partition coefficient (Wildman–Crippen LogP) is 12.5. The number of unbranched alkanes of at least 4 members (excludes halogenated alkanes) is 15. The lowest BCUT2D eigenvalue weighted by atomic mass is 10.0. The molecular formula is C43H55FO3. The van der Waals surface area contributed by atoms with E-state index in [1.54, 1.807) is 30.3 Å². The summed E-state index contributed by atoms with van der Waals surface area (Å²) in [6, 6.07) is 21.4. The third-order valence-corrected chi connectivity index (χ3v) is 8.71. The highest BCUT2D eigenvalue weighted by atomic mass is 19.1. The highest BCUT2D eigenvalue weighted by molar-refractivity contribution is 6.06. The minimum atomic E-state index is -0.372. The van der Waals surface area contributed by atoms with Crippen LogP contribution in [0.2, 0.25) is 0 Å². The van der Waals surface area contributed by atoms with Gasteiger partial charge in [-0.1, -0.05) is 145 Å². The molecule has 0 amide bonds. The number of hydrogen-bond acceptors (Lipinski definition) is 3. The molecule has 0 saturated carbocycles. The number of rotatable bonds is 24. The largest absolute Gasteiger partial charge is 0.427 e. The molecule has 0 fully saturated rings. The van der Waals surface area contributed by atoms with Crippen LogP contribution in [0.5, 0.6) is 5.75 Å². The molecule has 0 spiro atoms. The second kappa shape index (κ2) is 22.7. The van der Waals surface area contributed by atoms with Crippen molar-refractivity contribution in [3.8, 4) is 5.75 Å². The van der Waals surface area contributed by atoms with Crippen molar-refractivity contribution in [3.05, 3.63) is 114 Å². The number of carbonyl (C=O) groups excluding carboxylic acids is 2. The molecule has 0 heterocycles. The van der Waals surface area contributed by atoms with Crippen LogP contribution in [0.15, 0.2) is 85.5 Å². The number of benzene rings is 3. The van der Waals surface area contributed by atoms with Gasteiger partial charge in [0.05, 0.1) is 0 Å². The van der Waals surface area contributed by atoms with Crippen molar-refractivity contribution in [2.75, 3.05) is 0 Å². The van der Waals surface area contributed by atoms with E-state index in [9.17, 15) is 14.0 Å². The smallest absolute Gasteiger partial charge is 0.311 e. The van der Waals surface area contributed by atoms with Crippen LogP contribution in [0, 0.1) is 5.82 Å². The second-order valence-electron chi connectivity index (χ2n) is 12.9. The highest BCUT2D eigenvalue weighted by Crippen LogP contribution is 2.18. The summed E-state index contributed by atoms with van der Waals surface area (Å²) in [7, 11) is 0. The molecule has 0 aliphatic rings. The maximum Gasteiger partial charge on any atom is 0.311 e. The summed E-state index contributed by atoms with van der Waals surface area (Å²) < 4.78 is 18.5. The Morgan fingerprint density at radius 3 is 1.60 bits per heavy atom. The number of esters is 1. The summed E-state index contributed by atoms with van der Waals surface area (Å²) >= 11 is 0. The first kappa shape index (κ1) is 37.7. The van der Waals surface area contributed by atoms with Gasteiger partial charge in [0.1, 0.15) is 11.6 Å². The van der Waals surface area contributed by atoms with E-state index in [2.05, 4.69) is 37.8 Å². The first-order chi connectivity index (χ1) is 22.9. The van der Waals surface area contributed by atoms with Gasteiger partial charge in [-0.05, 0) is 85.4 Å². The van der Waals surface area contributed by atoms with Crippen LogP contribution in [0.1, 0.15) is 143 Å². The molecule has 0 N–H and O–H groups in total. The Labute approximate surface area is 283 Å². The van der Waals surface area contributed by atoms with E-state index in [1.165, 1.54) is 138 Å². The second-order valence-corrected chi connectivity index (χ2v) is 12.9. The lowest BCUT2D eigenvalue weighted by Gasteiger charge is -2.06. The number of hydrogen-bond donors (Lipinski definition) is 0. The number of allylic oxidation sites excluding steroid dienone is 2. The average Bonchev–Trinajstić information content (AvgIpc) is 3.07. The van der Waals surface area contributed by atoms with Crippen molar-refractivity contribution < 1.29 is 18.7 Å². The fraction of sp³-hybridized carbons (Fsp3) is 0.442. The Balaban J connectivity index is 1.07. The Morgan fingerprint density at radius 2 is 1.09 bits per heavy atom. The molecule has 0 aliphatic carbocycles. The van der Waals surface area contributed by atoms with Crippen molar-refractivity contribution in [2.24, 2.45) is 0 Å². The van der Waals surface area contributed by atoms with Crippen LogP contribution < -0.4 is 4.74 Å². The zero-order valence-corrected chi connectivity index (χ0v) is 28.6. The molecule has 4 heteroatoms. The fourth-order valence-electron chi connectivity index (χ4n) is 5.74. The minimum Gasteiger partial charge on any atom is -0.427 e. The first-order valence-electron chi connectivity index (χ1n) is 17.9. The van der Waals surface area contributed by atoms with Crippen LogP contribution in [0.4, 0.5) is 4.39 Å². The summed E-state index contributed by atoms with van der Waals surface area (Å²) in [5.41, 5.74) is 5.07. The van der Waals surface area contributed by atoms with E-state index in [1.807, 2.05) is 0 Å². The minimum absolute atomic E-state index is 0.197. The molecule has 3 aromatic carbocycles. The average molecular weight is 639 g/mol. The van der Waals surface area contributed by atoms with Crippen molar-refractivity contribution in [1.29, 1.82) is 0 Å². The molecular weight excluding hydrogens is 583 g/mol. The molecule has 0 bridgehead atoms. The number of carbonyl (C=O) groups is 2. The zero-order valence-electron chi connectivity index (χ0n) is 28.6. The highest BCUT2D eigenvalue weighted by Gasteiger charge is 2.06. The molecule has 3 nitrogen and oxygen atoms in total. The van der Waals surface area contributed by atoms with Crippen LogP contribution in [0.25, 0.3) is 11.6 Å². The molecule has 0 radical (unpaired) electrons. The monoisotopic (exact) mass is 638 g/mol. The van der Waals surface area contributed by atoms with Gasteiger partial charge in [0.25, 0.3) is 0 Å². The summed E-state index contributed by atoms with van der Waals surface area (Å²) in [4.78, 5) is 24.4. The molecule has 3 rings (SSSR count). The van der Waals surface area contributed by atoms with E-state index >= 15 is 0 Å². The van der Waals surface area contributed by atoms with E-state index in [4.69, 9.17) is 4.74 Å². The standard InChI is InChI=1S/C43H55FO3/c1-35(2)38-26-21-36(22-27-38)19-17-15-13-11-9-7-5-3-4-6-8-10-12-14-16-18-20-43(46)47-41-32-23-37(24-33-41)25-34-42(45)39-28-30-40(44)31-29-39/h21-34H,1,3-20H2,2H3. The molecule has 47 heavy (non-hydrogen) atoms.